The molecule has 2 amide bonds. The molecule has 0 radical (unpaired) electrons. The number of ether oxygens (including phenoxy) is 1. The molecule has 2 atom stereocenters. The molecular formula is C31H39N3O5S. The van der Waals surface area contributed by atoms with E-state index in [2.05, 4.69) is 5.32 Å². The minimum Gasteiger partial charge on any atom is -0.494 e. The number of nitrogens with one attached hydrogen (secondary N) is 1. The summed E-state index contributed by atoms with van der Waals surface area (Å²) in [5.74, 6) is -0.239. The SMILES string of the molecule is CCOc1ccc(S(=O)(=O)N(CC(=O)N(Cc2cccc(C)c2)[C@H](C)C(=O)N[C@H](C)CC)c2ccccc2)cc1. The highest BCUT2D eigenvalue weighted by Gasteiger charge is 2.32. The summed E-state index contributed by atoms with van der Waals surface area (Å²) >= 11 is 0. The van der Waals surface area contributed by atoms with E-state index in [1.54, 1.807) is 49.4 Å². The first-order valence-electron chi connectivity index (χ1n) is 13.5. The van der Waals surface area contributed by atoms with Crippen molar-refractivity contribution in [3.63, 3.8) is 0 Å². The molecule has 0 aliphatic heterocycles. The Kier molecular flexibility index (Phi) is 10.7. The molecule has 214 valence electrons. The van der Waals surface area contributed by atoms with Gasteiger partial charge in [-0.1, -0.05) is 55.0 Å². The van der Waals surface area contributed by atoms with Crippen LogP contribution in [-0.4, -0.2) is 50.4 Å². The van der Waals surface area contributed by atoms with Gasteiger partial charge in [-0.3, -0.25) is 13.9 Å². The number of aryl methyl sites for hydroxylation is 1. The molecular weight excluding hydrogens is 526 g/mol. The van der Waals surface area contributed by atoms with Crippen LogP contribution in [0.5, 0.6) is 5.75 Å². The largest absolute Gasteiger partial charge is 0.494 e. The Bertz CT molecular complexity index is 1380. The highest BCUT2D eigenvalue weighted by molar-refractivity contribution is 7.92. The van der Waals surface area contributed by atoms with Crippen LogP contribution in [0.1, 0.15) is 45.2 Å². The van der Waals surface area contributed by atoms with E-state index < -0.39 is 28.5 Å². The van der Waals surface area contributed by atoms with E-state index >= 15 is 0 Å². The number of hydrogen-bond acceptors (Lipinski definition) is 5. The zero-order valence-electron chi connectivity index (χ0n) is 23.8. The van der Waals surface area contributed by atoms with E-state index in [1.165, 1.54) is 17.0 Å². The van der Waals surface area contributed by atoms with Crippen LogP contribution < -0.4 is 14.4 Å². The monoisotopic (exact) mass is 565 g/mol. The molecule has 0 aromatic heterocycles. The average molecular weight is 566 g/mol. The van der Waals surface area contributed by atoms with Gasteiger partial charge in [-0.05, 0) is 76.1 Å². The van der Waals surface area contributed by atoms with E-state index in [-0.39, 0.29) is 23.4 Å². The molecule has 8 nitrogen and oxygen atoms in total. The quantitative estimate of drug-likeness (QED) is 0.317. The molecule has 0 bridgehead atoms. The van der Waals surface area contributed by atoms with Gasteiger partial charge < -0.3 is 15.0 Å². The van der Waals surface area contributed by atoms with Gasteiger partial charge in [-0.2, -0.15) is 0 Å². The zero-order valence-corrected chi connectivity index (χ0v) is 24.6. The number of anilines is 1. The van der Waals surface area contributed by atoms with Gasteiger partial charge in [0, 0.05) is 12.6 Å². The molecule has 3 aromatic rings. The summed E-state index contributed by atoms with van der Waals surface area (Å²) in [7, 11) is -4.13. The predicted octanol–water partition coefficient (Wildman–Crippen LogP) is 4.92. The van der Waals surface area contributed by atoms with E-state index in [9.17, 15) is 18.0 Å². The van der Waals surface area contributed by atoms with Crippen LogP contribution in [0.25, 0.3) is 0 Å². The van der Waals surface area contributed by atoms with Crippen LogP contribution in [0.15, 0.2) is 83.8 Å². The van der Waals surface area contributed by atoms with E-state index in [4.69, 9.17) is 4.74 Å². The van der Waals surface area contributed by atoms with Crippen LogP contribution in [0.4, 0.5) is 5.69 Å². The third-order valence-corrected chi connectivity index (χ3v) is 8.44. The highest BCUT2D eigenvalue weighted by atomic mass is 32.2. The summed E-state index contributed by atoms with van der Waals surface area (Å²) in [6, 6.07) is 21.4. The lowest BCUT2D eigenvalue weighted by molar-refractivity contribution is -0.139. The second-order valence-electron chi connectivity index (χ2n) is 9.76. The van der Waals surface area contributed by atoms with Crippen molar-refractivity contribution < 1.29 is 22.7 Å². The molecule has 9 heteroatoms. The van der Waals surface area contributed by atoms with E-state index in [1.807, 2.05) is 52.0 Å². The molecule has 0 aliphatic carbocycles. The minimum absolute atomic E-state index is 0.0282. The van der Waals surface area contributed by atoms with Gasteiger partial charge in [0.1, 0.15) is 18.3 Å². The maximum Gasteiger partial charge on any atom is 0.264 e. The maximum atomic E-state index is 14.0. The van der Waals surface area contributed by atoms with Crippen molar-refractivity contribution in [2.45, 2.75) is 64.6 Å². The second kappa shape index (κ2) is 14.0. The van der Waals surface area contributed by atoms with Crippen LogP contribution >= 0.6 is 0 Å². The zero-order chi connectivity index (χ0) is 29.3. The van der Waals surface area contributed by atoms with Gasteiger partial charge in [-0.25, -0.2) is 8.42 Å². The lowest BCUT2D eigenvalue weighted by atomic mass is 10.1. The number of rotatable bonds is 13. The second-order valence-corrected chi connectivity index (χ2v) is 11.6. The fourth-order valence-corrected chi connectivity index (χ4v) is 5.59. The molecule has 40 heavy (non-hydrogen) atoms. The number of sulfonamides is 1. The molecule has 0 saturated heterocycles. The average Bonchev–Trinajstić information content (AvgIpc) is 2.95. The standard InChI is InChI=1S/C31H39N3O5S/c1-6-24(4)32-31(36)25(5)33(21-26-13-11-12-23(3)20-26)30(35)22-34(27-14-9-8-10-15-27)40(37,38)29-18-16-28(17-19-29)39-7-2/h8-20,24-25H,6-7,21-22H2,1-5H3,(H,32,36)/t24-,25-/m1/s1. The lowest BCUT2D eigenvalue weighted by Gasteiger charge is -2.32. The van der Waals surface area contributed by atoms with Crippen molar-refractivity contribution in [1.82, 2.24) is 10.2 Å². The first-order valence-corrected chi connectivity index (χ1v) is 15.0. The number of carbonyl (C=O) groups excluding carboxylic acids is 2. The Hall–Kier alpha value is -3.85. The van der Waals surface area contributed by atoms with Crippen LogP contribution in [0.3, 0.4) is 0 Å². The van der Waals surface area contributed by atoms with Gasteiger partial charge in [0.2, 0.25) is 11.8 Å². The normalized spacial score (nSPS) is 12.7. The molecule has 3 rings (SSSR count). The summed E-state index contributed by atoms with van der Waals surface area (Å²) in [6.45, 7) is 9.46. The van der Waals surface area contributed by atoms with Gasteiger partial charge in [0.25, 0.3) is 10.0 Å². The first-order chi connectivity index (χ1) is 19.1. The number of benzene rings is 3. The van der Waals surface area contributed by atoms with Gasteiger partial charge >= 0.3 is 0 Å². The molecule has 0 unspecified atom stereocenters. The summed E-state index contributed by atoms with van der Waals surface area (Å²) in [5, 5.41) is 2.94. The Labute approximate surface area is 238 Å². The van der Waals surface area contributed by atoms with Gasteiger partial charge in [0.05, 0.1) is 17.2 Å². The Morgan fingerprint density at radius 1 is 0.925 bits per heavy atom. The van der Waals surface area contributed by atoms with Crippen molar-refractivity contribution in [1.29, 1.82) is 0 Å². The molecule has 0 aliphatic rings. The topological polar surface area (TPSA) is 96.0 Å². The maximum absolute atomic E-state index is 14.0. The molecule has 3 aromatic carbocycles. The van der Waals surface area contributed by atoms with Crippen LogP contribution in [0, 0.1) is 6.92 Å². The Morgan fingerprint density at radius 2 is 1.60 bits per heavy atom. The first kappa shape index (κ1) is 30.7. The van der Waals surface area contributed by atoms with Crippen molar-refractivity contribution in [2.75, 3.05) is 17.5 Å². The predicted molar refractivity (Wildman–Crippen MR) is 158 cm³/mol. The highest BCUT2D eigenvalue weighted by Crippen LogP contribution is 2.26. The van der Waals surface area contributed by atoms with E-state index in [0.717, 1.165) is 21.9 Å². The fourth-order valence-electron chi connectivity index (χ4n) is 4.18. The minimum atomic E-state index is -4.13. The smallest absolute Gasteiger partial charge is 0.264 e. The molecule has 0 heterocycles. The third kappa shape index (κ3) is 7.85. The van der Waals surface area contributed by atoms with Crippen molar-refractivity contribution in [3.05, 3.63) is 90.0 Å². The van der Waals surface area contributed by atoms with Crippen molar-refractivity contribution in [3.8, 4) is 5.75 Å². The van der Waals surface area contributed by atoms with Crippen molar-refractivity contribution in [2.24, 2.45) is 0 Å². The summed E-state index contributed by atoms with van der Waals surface area (Å²) in [6.07, 6.45) is 0.742. The van der Waals surface area contributed by atoms with Gasteiger partial charge in [-0.15, -0.1) is 0 Å². The fraction of sp³-hybridized carbons (Fsp3) is 0.355. The lowest BCUT2D eigenvalue weighted by Crippen LogP contribution is -2.52. The summed E-state index contributed by atoms with van der Waals surface area (Å²) < 4.78 is 34.3. The number of amides is 2. The Balaban J connectivity index is 1.99. The Morgan fingerprint density at radius 3 is 2.20 bits per heavy atom. The number of hydrogen-bond donors (Lipinski definition) is 1. The molecule has 0 fully saturated rings. The van der Waals surface area contributed by atoms with Gasteiger partial charge in [0.15, 0.2) is 0 Å². The molecule has 0 saturated carbocycles. The van der Waals surface area contributed by atoms with E-state index in [0.29, 0.717) is 18.0 Å². The number of para-hydroxylation sites is 1. The summed E-state index contributed by atoms with van der Waals surface area (Å²) in [5.41, 5.74) is 2.21. The summed E-state index contributed by atoms with van der Waals surface area (Å²) in [4.78, 5) is 28.5. The third-order valence-electron chi connectivity index (χ3n) is 6.65. The van der Waals surface area contributed by atoms with Crippen molar-refractivity contribution >= 4 is 27.5 Å². The molecule has 1 N–H and O–H groups in total. The van der Waals surface area contributed by atoms with Crippen LogP contribution in [-0.2, 0) is 26.2 Å². The molecule has 0 spiro atoms. The number of nitrogens with zero attached hydrogens (tertiary/aromatic N) is 2. The van der Waals surface area contributed by atoms with Crippen LogP contribution in [0.2, 0.25) is 0 Å². The number of carbonyl (C=O) groups is 2.